The van der Waals surface area contributed by atoms with Crippen molar-refractivity contribution in [2.75, 3.05) is 31.1 Å². The van der Waals surface area contributed by atoms with Crippen LogP contribution in [0.25, 0.3) is 11.0 Å². The molecule has 9 heteroatoms. The van der Waals surface area contributed by atoms with E-state index in [1.54, 1.807) is 0 Å². The molecule has 0 spiro atoms. The standard InChI is InChI=1S/C17H16F3N5O/c18-17(19,20)15-9-16(22-11-21-15)25-7-5-24(6-8-25)10-13-12-3-1-2-4-14(12)26-23-13/h1-4,9,11H,5-8,10H2. The first-order valence-electron chi connectivity index (χ1n) is 8.20. The van der Waals surface area contributed by atoms with E-state index in [1.165, 1.54) is 0 Å². The quantitative estimate of drug-likeness (QED) is 0.713. The molecule has 3 aromatic rings. The van der Waals surface area contributed by atoms with Crippen molar-refractivity contribution in [3.05, 3.63) is 48.0 Å². The van der Waals surface area contributed by atoms with Gasteiger partial charge in [0.05, 0.1) is 0 Å². The highest BCUT2D eigenvalue weighted by Crippen LogP contribution is 2.29. The number of piperazine rings is 1. The number of hydrogen-bond acceptors (Lipinski definition) is 6. The number of hydrogen-bond donors (Lipinski definition) is 0. The van der Waals surface area contributed by atoms with Crippen LogP contribution in [-0.2, 0) is 12.7 Å². The van der Waals surface area contributed by atoms with Crippen LogP contribution in [0.3, 0.4) is 0 Å². The molecule has 2 aromatic heterocycles. The molecular formula is C17H16F3N5O. The van der Waals surface area contributed by atoms with Crippen LogP contribution in [0.4, 0.5) is 19.0 Å². The van der Waals surface area contributed by atoms with E-state index in [9.17, 15) is 13.2 Å². The highest BCUT2D eigenvalue weighted by Gasteiger charge is 2.33. The lowest BCUT2D eigenvalue weighted by Gasteiger charge is -2.35. The molecular weight excluding hydrogens is 347 g/mol. The molecule has 1 aliphatic rings. The maximum absolute atomic E-state index is 12.8. The van der Waals surface area contributed by atoms with Crippen molar-refractivity contribution < 1.29 is 17.7 Å². The van der Waals surface area contributed by atoms with Crippen LogP contribution in [0.2, 0.25) is 0 Å². The fourth-order valence-corrected chi connectivity index (χ4v) is 3.07. The minimum atomic E-state index is -4.46. The van der Waals surface area contributed by atoms with Gasteiger partial charge in [0.25, 0.3) is 0 Å². The maximum atomic E-state index is 12.8. The monoisotopic (exact) mass is 363 g/mol. The van der Waals surface area contributed by atoms with Crippen molar-refractivity contribution in [2.24, 2.45) is 0 Å². The molecule has 26 heavy (non-hydrogen) atoms. The van der Waals surface area contributed by atoms with Gasteiger partial charge in [0.2, 0.25) is 0 Å². The second-order valence-corrected chi connectivity index (χ2v) is 6.15. The third kappa shape index (κ3) is 3.34. The summed E-state index contributed by atoms with van der Waals surface area (Å²) >= 11 is 0. The van der Waals surface area contributed by atoms with Gasteiger partial charge in [-0.15, -0.1) is 0 Å². The van der Waals surface area contributed by atoms with Crippen molar-refractivity contribution in [1.29, 1.82) is 0 Å². The Labute approximate surface area is 147 Å². The van der Waals surface area contributed by atoms with E-state index in [4.69, 9.17) is 4.52 Å². The summed E-state index contributed by atoms with van der Waals surface area (Å²) in [6.45, 7) is 3.22. The predicted octanol–water partition coefficient (Wildman–Crippen LogP) is 2.96. The van der Waals surface area contributed by atoms with Gasteiger partial charge in [0.1, 0.15) is 23.5 Å². The van der Waals surface area contributed by atoms with Crippen LogP contribution in [0, 0.1) is 0 Å². The summed E-state index contributed by atoms with van der Waals surface area (Å²) in [7, 11) is 0. The second kappa shape index (κ2) is 6.56. The Morgan fingerprint density at radius 1 is 1.04 bits per heavy atom. The van der Waals surface area contributed by atoms with E-state index >= 15 is 0 Å². The van der Waals surface area contributed by atoms with Crippen molar-refractivity contribution in [3.8, 4) is 0 Å². The first-order chi connectivity index (χ1) is 12.5. The summed E-state index contributed by atoms with van der Waals surface area (Å²) in [5, 5.41) is 5.12. The van der Waals surface area contributed by atoms with E-state index in [-0.39, 0.29) is 0 Å². The van der Waals surface area contributed by atoms with E-state index in [1.807, 2.05) is 29.2 Å². The molecule has 0 atom stereocenters. The normalized spacial score (nSPS) is 16.3. The Kier molecular flexibility index (Phi) is 4.23. The largest absolute Gasteiger partial charge is 0.433 e. The number of benzene rings is 1. The minimum absolute atomic E-state index is 0.305. The third-order valence-electron chi connectivity index (χ3n) is 4.46. The van der Waals surface area contributed by atoms with E-state index in [0.29, 0.717) is 38.5 Å². The fourth-order valence-electron chi connectivity index (χ4n) is 3.07. The van der Waals surface area contributed by atoms with Crippen molar-refractivity contribution in [1.82, 2.24) is 20.0 Å². The van der Waals surface area contributed by atoms with Crippen molar-refractivity contribution in [3.63, 3.8) is 0 Å². The lowest BCUT2D eigenvalue weighted by atomic mass is 10.2. The van der Waals surface area contributed by atoms with Crippen LogP contribution < -0.4 is 4.90 Å². The number of rotatable bonds is 3. The Morgan fingerprint density at radius 3 is 2.58 bits per heavy atom. The molecule has 0 unspecified atom stereocenters. The molecule has 1 aliphatic heterocycles. The van der Waals surface area contributed by atoms with E-state index < -0.39 is 11.9 Å². The van der Waals surface area contributed by atoms with Crippen molar-refractivity contribution in [2.45, 2.75) is 12.7 Å². The summed E-state index contributed by atoms with van der Waals surface area (Å²) in [5.74, 6) is 0.305. The van der Waals surface area contributed by atoms with Gasteiger partial charge < -0.3 is 9.42 Å². The predicted molar refractivity (Wildman–Crippen MR) is 88.5 cm³/mol. The Morgan fingerprint density at radius 2 is 1.81 bits per heavy atom. The van der Waals surface area contributed by atoms with Gasteiger partial charge in [-0.1, -0.05) is 17.3 Å². The molecule has 0 radical (unpaired) electrons. The molecule has 0 N–H and O–H groups in total. The smallest absolute Gasteiger partial charge is 0.356 e. The van der Waals surface area contributed by atoms with Crippen LogP contribution >= 0.6 is 0 Å². The average Bonchev–Trinajstić information content (AvgIpc) is 3.05. The van der Waals surface area contributed by atoms with E-state index in [0.717, 1.165) is 29.1 Å². The van der Waals surface area contributed by atoms with Crippen LogP contribution in [0.1, 0.15) is 11.4 Å². The lowest BCUT2D eigenvalue weighted by molar-refractivity contribution is -0.141. The molecule has 0 aliphatic carbocycles. The number of fused-ring (bicyclic) bond motifs is 1. The number of aromatic nitrogens is 3. The number of nitrogens with zero attached hydrogens (tertiary/aromatic N) is 5. The maximum Gasteiger partial charge on any atom is 0.433 e. The number of anilines is 1. The van der Waals surface area contributed by atoms with Crippen LogP contribution in [0.5, 0.6) is 0 Å². The number of halogens is 3. The molecule has 1 fully saturated rings. The molecule has 136 valence electrons. The van der Waals surface area contributed by atoms with Crippen molar-refractivity contribution >= 4 is 16.8 Å². The van der Waals surface area contributed by atoms with Gasteiger partial charge in [-0.3, -0.25) is 4.90 Å². The average molecular weight is 363 g/mol. The van der Waals surface area contributed by atoms with Crippen LogP contribution in [-0.4, -0.2) is 46.2 Å². The highest BCUT2D eigenvalue weighted by atomic mass is 19.4. The molecule has 0 saturated carbocycles. The molecule has 4 rings (SSSR count). The lowest BCUT2D eigenvalue weighted by Crippen LogP contribution is -2.46. The van der Waals surface area contributed by atoms with Gasteiger partial charge in [0, 0.05) is 44.2 Å². The van der Waals surface area contributed by atoms with Gasteiger partial charge in [-0.05, 0) is 12.1 Å². The Balaban J connectivity index is 1.41. The summed E-state index contributed by atoms with van der Waals surface area (Å²) in [6.07, 6.45) is -3.50. The Hall–Kier alpha value is -2.68. The Bertz CT molecular complexity index is 903. The zero-order valence-corrected chi connectivity index (χ0v) is 13.8. The molecule has 0 bridgehead atoms. The molecule has 1 saturated heterocycles. The summed E-state index contributed by atoms with van der Waals surface area (Å²) in [6, 6.07) is 8.68. The van der Waals surface area contributed by atoms with E-state index in [2.05, 4.69) is 20.0 Å². The first kappa shape index (κ1) is 16.8. The summed E-state index contributed by atoms with van der Waals surface area (Å²) in [5.41, 5.74) is 0.705. The summed E-state index contributed by atoms with van der Waals surface area (Å²) in [4.78, 5) is 11.3. The van der Waals surface area contributed by atoms with Gasteiger partial charge in [-0.25, -0.2) is 9.97 Å². The highest BCUT2D eigenvalue weighted by molar-refractivity contribution is 5.79. The molecule has 3 heterocycles. The second-order valence-electron chi connectivity index (χ2n) is 6.15. The SMILES string of the molecule is FC(F)(F)c1cc(N2CCN(Cc3noc4ccccc34)CC2)ncn1. The first-order valence-corrected chi connectivity index (χ1v) is 8.20. The molecule has 0 amide bonds. The minimum Gasteiger partial charge on any atom is -0.356 e. The summed E-state index contributed by atoms with van der Waals surface area (Å²) < 4.78 is 43.7. The molecule has 1 aromatic carbocycles. The third-order valence-corrected chi connectivity index (χ3v) is 4.46. The topological polar surface area (TPSA) is 58.3 Å². The zero-order valence-electron chi connectivity index (χ0n) is 13.8. The van der Waals surface area contributed by atoms with Gasteiger partial charge >= 0.3 is 6.18 Å². The fraction of sp³-hybridized carbons (Fsp3) is 0.353. The van der Waals surface area contributed by atoms with Crippen LogP contribution in [0.15, 0.2) is 41.2 Å². The molecule has 6 nitrogen and oxygen atoms in total. The zero-order chi connectivity index (χ0) is 18.1. The number of alkyl halides is 3. The number of para-hydroxylation sites is 1. The van der Waals surface area contributed by atoms with Gasteiger partial charge in [0.15, 0.2) is 5.58 Å². The van der Waals surface area contributed by atoms with Gasteiger partial charge in [-0.2, -0.15) is 13.2 Å².